The van der Waals surface area contributed by atoms with E-state index in [1.165, 1.54) is 0 Å². The van der Waals surface area contributed by atoms with Crippen molar-refractivity contribution in [2.45, 2.75) is 25.0 Å². The van der Waals surface area contributed by atoms with Crippen LogP contribution in [0.1, 0.15) is 19.3 Å². The van der Waals surface area contributed by atoms with E-state index in [1.54, 1.807) is 0 Å². The topological polar surface area (TPSA) is 35.5 Å². The molecule has 3 nitrogen and oxygen atoms in total. The van der Waals surface area contributed by atoms with Crippen molar-refractivity contribution in [3.8, 4) is 0 Å². The average Bonchev–Trinajstić information content (AvgIpc) is 2.58. The molecule has 2 bridgehead atoms. The molecule has 0 amide bonds. The maximum atomic E-state index is 11.5. The Balaban J connectivity index is 1.98. The third-order valence-corrected chi connectivity index (χ3v) is 3.54. The van der Waals surface area contributed by atoms with Gasteiger partial charge in [0.1, 0.15) is 5.78 Å². The summed E-state index contributed by atoms with van der Waals surface area (Å²) in [4.78, 5) is 11.5. The molecule has 0 aromatic heterocycles. The summed E-state index contributed by atoms with van der Waals surface area (Å²) in [7, 11) is 0. The van der Waals surface area contributed by atoms with Crippen LogP contribution in [-0.2, 0) is 14.3 Å². The second-order valence-corrected chi connectivity index (χ2v) is 4.33. The molecule has 2 atom stereocenters. The lowest BCUT2D eigenvalue weighted by Gasteiger charge is -2.45. The number of Topliss-reactive ketones (excluding diaryl/α,β-unsaturated/α-hetero) is 1. The van der Waals surface area contributed by atoms with Crippen LogP contribution < -0.4 is 0 Å². The van der Waals surface area contributed by atoms with Crippen LogP contribution in [0.3, 0.4) is 0 Å². The average molecular weight is 194 g/mol. The lowest BCUT2D eigenvalue weighted by atomic mass is 9.70. The quantitative estimate of drug-likeness (QED) is 0.545. The van der Waals surface area contributed by atoms with Crippen LogP contribution in [0.25, 0.3) is 0 Å². The van der Waals surface area contributed by atoms with Crippen LogP contribution in [0.15, 0.2) is 12.2 Å². The summed E-state index contributed by atoms with van der Waals surface area (Å²) in [5.74, 6) is 0.322. The highest BCUT2D eigenvalue weighted by Gasteiger charge is 2.54. The maximum Gasteiger partial charge on any atom is 0.178 e. The number of hydrogen-bond acceptors (Lipinski definition) is 3. The number of carbonyl (C=O) groups excluding carboxylic acids is 1. The number of carbonyl (C=O) groups is 1. The van der Waals surface area contributed by atoms with Crippen LogP contribution in [0.5, 0.6) is 0 Å². The van der Waals surface area contributed by atoms with E-state index in [0.717, 1.165) is 6.42 Å². The molecule has 1 heterocycles. The Morgan fingerprint density at radius 3 is 2.79 bits per heavy atom. The number of rotatable bonds is 0. The normalized spacial score (nSPS) is 39.3. The Labute approximate surface area is 83.1 Å². The van der Waals surface area contributed by atoms with Gasteiger partial charge in [-0.3, -0.25) is 4.79 Å². The molecule has 2 aliphatic carbocycles. The van der Waals surface area contributed by atoms with Crippen molar-refractivity contribution in [3.63, 3.8) is 0 Å². The molecule has 2 fully saturated rings. The molecule has 1 saturated heterocycles. The summed E-state index contributed by atoms with van der Waals surface area (Å²) in [5.41, 5.74) is 0. The van der Waals surface area contributed by atoms with Gasteiger partial charge in [-0.25, -0.2) is 0 Å². The van der Waals surface area contributed by atoms with E-state index in [0.29, 0.717) is 31.8 Å². The molecule has 0 aromatic carbocycles. The van der Waals surface area contributed by atoms with Gasteiger partial charge in [0.05, 0.1) is 13.2 Å². The van der Waals surface area contributed by atoms with Gasteiger partial charge in [-0.1, -0.05) is 12.2 Å². The zero-order chi connectivity index (χ0) is 9.60. The van der Waals surface area contributed by atoms with Crippen LogP contribution in [0.4, 0.5) is 0 Å². The third-order valence-electron chi connectivity index (χ3n) is 3.54. The fourth-order valence-corrected chi connectivity index (χ4v) is 2.94. The van der Waals surface area contributed by atoms with E-state index >= 15 is 0 Å². The zero-order valence-electron chi connectivity index (χ0n) is 8.07. The Kier molecular flexibility index (Phi) is 1.79. The molecule has 1 aliphatic heterocycles. The van der Waals surface area contributed by atoms with E-state index in [2.05, 4.69) is 12.2 Å². The van der Waals surface area contributed by atoms with E-state index in [9.17, 15) is 4.79 Å². The summed E-state index contributed by atoms with van der Waals surface area (Å²) < 4.78 is 11.5. The zero-order valence-corrected chi connectivity index (χ0v) is 8.07. The van der Waals surface area contributed by atoms with Gasteiger partial charge >= 0.3 is 0 Å². The molecule has 14 heavy (non-hydrogen) atoms. The smallest absolute Gasteiger partial charge is 0.178 e. The van der Waals surface area contributed by atoms with Crippen molar-refractivity contribution in [2.75, 3.05) is 13.2 Å². The van der Waals surface area contributed by atoms with Crippen molar-refractivity contribution in [2.24, 2.45) is 11.8 Å². The van der Waals surface area contributed by atoms with Crippen molar-refractivity contribution in [3.05, 3.63) is 12.2 Å². The monoisotopic (exact) mass is 194 g/mol. The van der Waals surface area contributed by atoms with Gasteiger partial charge in [-0.05, 0) is 6.42 Å². The fourth-order valence-electron chi connectivity index (χ4n) is 2.94. The summed E-state index contributed by atoms with van der Waals surface area (Å²) in [6, 6.07) is 0. The van der Waals surface area contributed by atoms with E-state index in [1.807, 2.05) is 0 Å². The van der Waals surface area contributed by atoms with Crippen molar-refractivity contribution in [1.82, 2.24) is 0 Å². The Hall–Kier alpha value is -0.670. The number of allylic oxidation sites excluding steroid dienone is 1. The van der Waals surface area contributed by atoms with Crippen molar-refractivity contribution in [1.29, 1.82) is 0 Å². The molecule has 1 spiro atoms. The van der Waals surface area contributed by atoms with Crippen LogP contribution in [0.2, 0.25) is 0 Å². The number of ketones is 1. The molecule has 76 valence electrons. The highest BCUT2D eigenvalue weighted by molar-refractivity contribution is 5.80. The maximum absolute atomic E-state index is 11.5. The Morgan fingerprint density at radius 1 is 1.29 bits per heavy atom. The molecule has 2 unspecified atom stereocenters. The molecule has 0 radical (unpaired) electrons. The molecular formula is C11H14O3. The predicted octanol–water partition coefficient (Wildman–Crippen LogP) is 1.28. The highest BCUT2D eigenvalue weighted by Crippen LogP contribution is 2.47. The third kappa shape index (κ3) is 1.03. The standard InChI is InChI=1S/C11H14O3/c12-10-6-8-2-1-3-9(7-10)11(8)13-4-5-14-11/h1-2,8-9H,3-7H2. The second-order valence-electron chi connectivity index (χ2n) is 4.33. The van der Waals surface area contributed by atoms with Gasteiger partial charge in [0, 0.05) is 24.7 Å². The summed E-state index contributed by atoms with van der Waals surface area (Å²) >= 11 is 0. The van der Waals surface area contributed by atoms with Gasteiger partial charge in [0.15, 0.2) is 5.79 Å². The van der Waals surface area contributed by atoms with Gasteiger partial charge in [0.25, 0.3) is 0 Å². The summed E-state index contributed by atoms with van der Waals surface area (Å²) in [5, 5.41) is 0. The molecule has 3 rings (SSSR count). The highest BCUT2D eigenvalue weighted by atomic mass is 16.7. The van der Waals surface area contributed by atoms with Gasteiger partial charge in [-0.2, -0.15) is 0 Å². The lowest BCUT2D eigenvalue weighted by molar-refractivity contribution is -0.234. The molecule has 1 saturated carbocycles. The van der Waals surface area contributed by atoms with Crippen molar-refractivity contribution < 1.29 is 14.3 Å². The minimum Gasteiger partial charge on any atom is -0.347 e. The van der Waals surface area contributed by atoms with Crippen LogP contribution in [0, 0.1) is 11.8 Å². The first-order valence-electron chi connectivity index (χ1n) is 5.27. The summed E-state index contributed by atoms with van der Waals surface area (Å²) in [6.07, 6.45) is 6.40. The van der Waals surface area contributed by atoms with Crippen molar-refractivity contribution >= 4 is 5.78 Å². The molecule has 3 heteroatoms. The largest absolute Gasteiger partial charge is 0.347 e. The Bertz CT molecular complexity index is 289. The number of ether oxygens (including phenoxy) is 2. The minimum absolute atomic E-state index is 0.157. The van der Waals surface area contributed by atoms with E-state index in [-0.39, 0.29) is 11.8 Å². The number of hydrogen-bond donors (Lipinski definition) is 0. The molecule has 3 aliphatic rings. The SMILES string of the molecule is O=C1CC2C=CCC(C1)C21OCCO1. The summed E-state index contributed by atoms with van der Waals surface area (Å²) in [6.45, 7) is 1.35. The first kappa shape index (κ1) is 8.62. The minimum atomic E-state index is -0.442. The van der Waals surface area contributed by atoms with Gasteiger partial charge in [0.2, 0.25) is 0 Å². The van der Waals surface area contributed by atoms with E-state index < -0.39 is 5.79 Å². The molecular weight excluding hydrogens is 180 g/mol. The second kappa shape index (κ2) is 2.91. The predicted molar refractivity (Wildman–Crippen MR) is 49.6 cm³/mol. The first-order chi connectivity index (χ1) is 6.81. The van der Waals surface area contributed by atoms with E-state index in [4.69, 9.17) is 9.47 Å². The van der Waals surface area contributed by atoms with Gasteiger partial charge in [-0.15, -0.1) is 0 Å². The fraction of sp³-hybridized carbons (Fsp3) is 0.727. The van der Waals surface area contributed by atoms with Gasteiger partial charge < -0.3 is 9.47 Å². The van der Waals surface area contributed by atoms with Crippen LogP contribution in [-0.4, -0.2) is 24.8 Å². The Morgan fingerprint density at radius 2 is 2.07 bits per heavy atom. The van der Waals surface area contributed by atoms with Crippen LogP contribution >= 0.6 is 0 Å². The first-order valence-corrected chi connectivity index (χ1v) is 5.27. The lowest BCUT2D eigenvalue weighted by Crippen LogP contribution is -2.52. The molecule has 0 aromatic rings. The molecule has 0 N–H and O–H groups in total.